The predicted molar refractivity (Wildman–Crippen MR) is 88.3 cm³/mol. The lowest BCUT2D eigenvalue weighted by Crippen LogP contribution is -1.99. The molecule has 2 aromatic carbocycles. The SMILES string of the molecule is N#Cc1ccc(C=C[B]Oc2cccc3cccnc23)cc1. The maximum absolute atomic E-state index is 8.76. The summed E-state index contributed by atoms with van der Waals surface area (Å²) in [5.74, 6) is 2.55. The van der Waals surface area contributed by atoms with E-state index in [-0.39, 0.29) is 0 Å². The molecule has 1 heterocycles. The maximum atomic E-state index is 8.76. The predicted octanol–water partition coefficient (Wildman–Crippen LogP) is 3.78. The van der Waals surface area contributed by atoms with Crippen LogP contribution in [0.15, 0.2) is 66.8 Å². The third-order valence-electron chi connectivity index (χ3n) is 3.20. The van der Waals surface area contributed by atoms with Gasteiger partial charge in [-0.25, -0.2) is 0 Å². The molecular formula is C18H12BN2O. The molecule has 0 aliphatic carbocycles. The van der Waals surface area contributed by atoms with Crippen LogP contribution in [0.3, 0.4) is 0 Å². The molecule has 0 spiro atoms. The molecule has 4 heteroatoms. The lowest BCUT2D eigenvalue weighted by Gasteiger charge is -2.05. The first-order chi connectivity index (χ1) is 10.9. The Morgan fingerprint density at radius 2 is 1.86 bits per heavy atom. The summed E-state index contributed by atoms with van der Waals surface area (Å²) in [7, 11) is 1.63. The molecule has 3 rings (SSSR count). The summed E-state index contributed by atoms with van der Waals surface area (Å²) in [6.07, 6.45) is 3.67. The highest BCUT2D eigenvalue weighted by Gasteiger charge is 2.01. The van der Waals surface area contributed by atoms with Gasteiger partial charge in [0.25, 0.3) is 0 Å². The Morgan fingerprint density at radius 3 is 2.68 bits per heavy atom. The number of nitriles is 1. The molecule has 22 heavy (non-hydrogen) atoms. The van der Waals surface area contributed by atoms with Crippen molar-refractivity contribution < 1.29 is 4.65 Å². The van der Waals surface area contributed by atoms with Crippen LogP contribution in [0.2, 0.25) is 0 Å². The number of nitrogens with zero attached hydrogens (tertiary/aromatic N) is 2. The number of benzene rings is 2. The number of aromatic nitrogens is 1. The third-order valence-corrected chi connectivity index (χ3v) is 3.20. The van der Waals surface area contributed by atoms with Gasteiger partial charge in [-0.2, -0.15) is 5.26 Å². The molecule has 3 nitrogen and oxygen atoms in total. The lowest BCUT2D eigenvalue weighted by molar-refractivity contribution is 0.610. The van der Waals surface area contributed by atoms with Crippen LogP contribution >= 0.6 is 0 Å². The van der Waals surface area contributed by atoms with Crippen LogP contribution in [0.5, 0.6) is 5.75 Å². The van der Waals surface area contributed by atoms with E-state index in [2.05, 4.69) is 11.1 Å². The standard InChI is InChI=1S/C18H12BN2O/c20-13-15-8-6-14(7-9-15)10-11-19-22-17-5-1-3-16-4-2-12-21-18(16)17/h1-12H. The van der Waals surface area contributed by atoms with Gasteiger partial charge in [0.15, 0.2) is 0 Å². The number of hydrogen-bond donors (Lipinski definition) is 0. The van der Waals surface area contributed by atoms with Crippen molar-refractivity contribution in [3.63, 3.8) is 0 Å². The third kappa shape index (κ3) is 3.16. The van der Waals surface area contributed by atoms with Crippen molar-refractivity contribution in [3.05, 3.63) is 77.9 Å². The smallest absolute Gasteiger partial charge is 0.401 e. The van der Waals surface area contributed by atoms with E-state index in [9.17, 15) is 0 Å². The van der Waals surface area contributed by atoms with Crippen molar-refractivity contribution in [3.8, 4) is 11.8 Å². The topological polar surface area (TPSA) is 45.9 Å². The van der Waals surface area contributed by atoms with Crippen molar-refractivity contribution in [1.29, 1.82) is 5.26 Å². The van der Waals surface area contributed by atoms with Gasteiger partial charge in [0.2, 0.25) is 0 Å². The molecule has 1 aromatic heterocycles. The Balaban J connectivity index is 1.67. The highest BCUT2D eigenvalue weighted by Crippen LogP contribution is 2.22. The second-order valence-electron chi connectivity index (χ2n) is 4.68. The summed E-state index contributed by atoms with van der Waals surface area (Å²) in [5, 5.41) is 9.80. The van der Waals surface area contributed by atoms with Crippen molar-refractivity contribution in [1.82, 2.24) is 4.98 Å². The van der Waals surface area contributed by atoms with Crippen LogP contribution < -0.4 is 4.65 Å². The van der Waals surface area contributed by atoms with Crippen molar-refractivity contribution in [2.24, 2.45) is 0 Å². The first kappa shape index (κ1) is 13.9. The van der Waals surface area contributed by atoms with E-state index in [0.29, 0.717) is 5.56 Å². The van der Waals surface area contributed by atoms with Crippen molar-refractivity contribution >= 4 is 24.5 Å². The van der Waals surface area contributed by atoms with Gasteiger partial charge < -0.3 is 4.65 Å². The van der Waals surface area contributed by atoms with Gasteiger partial charge >= 0.3 is 7.48 Å². The van der Waals surface area contributed by atoms with Gasteiger partial charge in [0.1, 0.15) is 11.3 Å². The zero-order valence-corrected chi connectivity index (χ0v) is 11.8. The van der Waals surface area contributed by atoms with Crippen LogP contribution in [0.25, 0.3) is 17.0 Å². The van der Waals surface area contributed by atoms with Crippen molar-refractivity contribution in [2.75, 3.05) is 0 Å². The van der Waals surface area contributed by atoms with Crippen LogP contribution in [0.4, 0.5) is 0 Å². The molecule has 0 N–H and O–H groups in total. The van der Waals surface area contributed by atoms with E-state index in [0.717, 1.165) is 22.2 Å². The molecule has 1 radical (unpaired) electrons. The summed E-state index contributed by atoms with van der Waals surface area (Å²) >= 11 is 0. The maximum Gasteiger partial charge on any atom is 0.401 e. The Morgan fingerprint density at radius 1 is 1.05 bits per heavy atom. The molecule has 3 aromatic rings. The second-order valence-corrected chi connectivity index (χ2v) is 4.68. The van der Waals surface area contributed by atoms with E-state index in [1.807, 2.05) is 54.5 Å². The van der Waals surface area contributed by atoms with Gasteiger partial charge in [0, 0.05) is 11.6 Å². The zero-order valence-electron chi connectivity index (χ0n) is 11.8. The quantitative estimate of drug-likeness (QED) is 0.684. The van der Waals surface area contributed by atoms with E-state index in [1.54, 1.807) is 25.8 Å². The molecule has 103 valence electrons. The Kier molecular flexibility index (Phi) is 4.17. The fourth-order valence-corrected chi connectivity index (χ4v) is 2.10. The number of fused-ring (bicyclic) bond motifs is 1. The number of pyridine rings is 1. The lowest BCUT2D eigenvalue weighted by atomic mass is 9.98. The second kappa shape index (κ2) is 6.60. The molecule has 0 saturated carbocycles. The minimum atomic E-state index is 0.652. The average Bonchev–Trinajstić information content (AvgIpc) is 2.59. The number of para-hydroxylation sites is 1. The Labute approximate surface area is 129 Å². The van der Waals surface area contributed by atoms with Gasteiger partial charge in [-0.1, -0.05) is 42.4 Å². The molecule has 0 atom stereocenters. The van der Waals surface area contributed by atoms with Crippen LogP contribution in [0.1, 0.15) is 11.1 Å². The summed E-state index contributed by atoms with van der Waals surface area (Å²) in [6.45, 7) is 0. The Bertz CT molecular complexity index is 846. The average molecular weight is 283 g/mol. The summed E-state index contributed by atoms with van der Waals surface area (Å²) in [6, 6.07) is 19.2. The summed E-state index contributed by atoms with van der Waals surface area (Å²) in [5.41, 5.74) is 2.50. The van der Waals surface area contributed by atoms with Gasteiger partial charge in [0.05, 0.1) is 11.6 Å². The fraction of sp³-hybridized carbons (Fsp3) is 0. The molecule has 0 fully saturated rings. The van der Waals surface area contributed by atoms with E-state index in [4.69, 9.17) is 9.92 Å². The number of hydrogen-bond acceptors (Lipinski definition) is 3. The molecule has 0 aliphatic rings. The molecule has 0 unspecified atom stereocenters. The number of rotatable bonds is 4. The van der Waals surface area contributed by atoms with E-state index in [1.165, 1.54) is 0 Å². The fourth-order valence-electron chi connectivity index (χ4n) is 2.10. The highest BCUT2D eigenvalue weighted by molar-refractivity contribution is 6.37. The Hall–Kier alpha value is -3.06. The van der Waals surface area contributed by atoms with Crippen molar-refractivity contribution in [2.45, 2.75) is 0 Å². The molecule has 0 amide bonds. The summed E-state index contributed by atoms with van der Waals surface area (Å²) < 4.78 is 5.66. The van der Waals surface area contributed by atoms with Gasteiger partial charge in [-0.05, 0) is 29.8 Å². The van der Waals surface area contributed by atoms with Gasteiger partial charge in [-0.15, -0.1) is 0 Å². The highest BCUT2D eigenvalue weighted by atomic mass is 16.4. The normalized spacial score (nSPS) is 10.5. The van der Waals surface area contributed by atoms with E-state index >= 15 is 0 Å². The molecule has 0 bridgehead atoms. The monoisotopic (exact) mass is 283 g/mol. The van der Waals surface area contributed by atoms with Gasteiger partial charge in [-0.3, -0.25) is 4.98 Å². The largest absolute Gasteiger partial charge is 0.557 e. The summed E-state index contributed by atoms with van der Waals surface area (Å²) in [4.78, 5) is 4.34. The minimum Gasteiger partial charge on any atom is -0.557 e. The minimum absolute atomic E-state index is 0.652. The molecular weight excluding hydrogens is 271 g/mol. The van der Waals surface area contributed by atoms with Crippen LogP contribution in [-0.2, 0) is 0 Å². The van der Waals surface area contributed by atoms with Crippen LogP contribution in [0, 0.1) is 11.3 Å². The van der Waals surface area contributed by atoms with Crippen LogP contribution in [-0.4, -0.2) is 12.5 Å². The first-order valence-electron chi connectivity index (χ1n) is 6.87. The van der Waals surface area contributed by atoms with E-state index < -0.39 is 0 Å². The molecule has 0 aliphatic heterocycles. The molecule has 0 saturated heterocycles. The first-order valence-corrected chi connectivity index (χ1v) is 6.87. The zero-order chi connectivity index (χ0) is 15.2.